The minimum absolute atomic E-state index is 0.236. The predicted octanol–water partition coefficient (Wildman–Crippen LogP) is 1.73. The lowest BCUT2D eigenvalue weighted by atomic mass is 10.1. The quantitative estimate of drug-likeness (QED) is 0.826. The summed E-state index contributed by atoms with van der Waals surface area (Å²) in [4.78, 5) is 25.9. The third-order valence-corrected chi connectivity index (χ3v) is 2.47. The van der Waals surface area contributed by atoms with Crippen LogP contribution in [0.2, 0.25) is 0 Å². The molecular weight excluding hydrogens is 258 g/mol. The summed E-state index contributed by atoms with van der Waals surface area (Å²) in [5, 5.41) is 11.1. The van der Waals surface area contributed by atoms with Gasteiger partial charge in [0.15, 0.2) is 11.5 Å². The van der Waals surface area contributed by atoms with Crippen molar-refractivity contribution in [2.75, 3.05) is 0 Å². The number of rotatable bonds is 6. The number of hydrogen-bond acceptors (Lipinski definition) is 3. The van der Waals surface area contributed by atoms with E-state index in [9.17, 15) is 18.4 Å². The van der Waals surface area contributed by atoms with Gasteiger partial charge in [0.1, 0.15) is 11.9 Å². The number of nitrogens with one attached hydrogen (secondary N) is 1. The summed E-state index contributed by atoms with van der Waals surface area (Å²) in [5.41, 5.74) is -0.621. The number of carbonyl (C=O) groups excluding carboxylic acids is 1. The summed E-state index contributed by atoms with van der Waals surface area (Å²) in [7, 11) is 0. The van der Waals surface area contributed by atoms with Gasteiger partial charge in [0.25, 0.3) is 5.91 Å². The van der Waals surface area contributed by atoms with Crippen LogP contribution in [0.4, 0.5) is 8.78 Å². The molecule has 0 aliphatic carbocycles. The topological polar surface area (TPSA) is 79.3 Å². The van der Waals surface area contributed by atoms with Gasteiger partial charge in [-0.05, 0) is 6.42 Å². The zero-order valence-electron chi connectivity index (χ0n) is 10.3. The van der Waals surface area contributed by atoms with Gasteiger partial charge >= 0.3 is 5.97 Å². The largest absolute Gasteiger partial charge is 0.480 e. The smallest absolute Gasteiger partial charge is 0.326 e. The van der Waals surface area contributed by atoms with Crippen molar-refractivity contribution in [3.8, 4) is 0 Å². The van der Waals surface area contributed by atoms with E-state index in [0.29, 0.717) is 18.7 Å². The number of unbranched alkanes of at least 4 members (excludes halogenated alkanes) is 1. The van der Waals surface area contributed by atoms with Crippen molar-refractivity contribution in [3.05, 3.63) is 29.6 Å². The monoisotopic (exact) mass is 272 g/mol. The molecule has 0 spiro atoms. The molecular formula is C12H14F2N2O3. The second-order valence-corrected chi connectivity index (χ2v) is 3.99. The van der Waals surface area contributed by atoms with E-state index >= 15 is 0 Å². The number of carboxylic acids is 1. The van der Waals surface area contributed by atoms with Crippen molar-refractivity contribution in [3.63, 3.8) is 0 Å². The van der Waals surface area contributed by atoms with E-state index in [1.807, 2.05) is 6.92 Å². The third-order valence-electron chi connectivity index (χ3n) is 2.47. The molecule has 104 valence electrons. The number of hydrogen-bond donors (Lipinski definition) is 2. The molecule has 0 aliphatic rings. The van der Waals surface area contributed by atoms with Crippen LogP contribution in [0.25, 0.3) is 0 Å². The summed E-state index contributed by atoms with van der Waals surface area (Å²) in [5.74, 6) is -4.21. The van der Waals surface area contributed by atoms with E-state index < -0.39 is 35.2 Å². The first-order chi connectivity index (χ1) is 8.95. The first kappa shape index (κ1) is 15.0. The number of nitrogens with zero attached hydrogens (tertiary/aromatic N) is 1. The number of pyridine rings is 1. The van der Waals surface area contributed by atoms with Gasteiger partial charge in [0, 0.05) is 6.07 Å². The maximum Gasteiger partial charge on any atom is 0.326 e. The molecule has 0 fully saturated rings. The van der Waals surface area contributed by atoms with Crippen molar-refractivity contribution in [1.29, 1.82) is 0 Å². The molecule has 1 aromatic rings. The van der Waals surface area contributed by atoms with Crippen LogP contribution in [-0.2, 0) is 4.79 Å². The van der Waals surface area contributed by atoms with Crippen LogP contribution < -0.4 is 5.32 Å². The highest BCUT2D eigenvalue weighted by Crippen LogP contribution is 2.07. The van der Waals surface area contributed by atoms with Gasteiger partial charge in [-0.1, -0.05) is 19.8 Å². The minimum Gasteiger partial charge on any atom is -0.480 e. The standard InChI is InChI=1S/C12H14F2N2O3/c1-2-3-4-9(12(18)19)16-11(17)10-8(14)5-7(13)6-15-10/h5-6,9H,2-4H2,1H3,(H,16,17)(H,18,19). The Labute approximate surface area is 108 Å². The van der Waals surface area contributed by atoms with E-state index in [-0.39, 0.29) is 6.42 Å². The Morgan fingerprint density at radius 1 is 1.47 bits per heavy atom. The second kappa shape index (κ2) is 6.77. The minimum atomic E-state index is -1.20. The number of carboxylic acid groups (broad SMARTS) is 1. The van der Waals surface area contributed by atoms with Gasteiger partial charge in [0.2, 0.25) is 0 Å². The molecule has 0 saturated carbocycles. The Hall–Kier alpha value is -2.05. The Morgan fingerprint density at radius 2 is 2.16 bits per heavy atom. The van der Waals surface area contributed by atoms with Crippen LogP contribution in [0.3, 0.4) is 0 Å². The van der Waals surface area contributed by atoms with Gasteiger partial charge < -0.3 is 10.4 Å². The zero-order chi connectivity index (χ0) is 14.4. The summed E-state index contributed by atoms with van der Waals surface area (Å²) >= 11 is 0. The van der Waals surface area contributed by atoms with Crippen LogP contribution >= 0.6 is 0 Å². The molecule has 0 aliphatic heterocycles. The molecule has 5 nitrogen and oxygen atoms in total. The van der Waals surface area contributed by atoms with Gasteiger partial charge in [-0.2, -0.15) is 0 Å². The van der Waals surface area contributed by atoms with Crippen molar-refractivity contribution < 1.29 is 23.5 Å². The van der Waals surface area contributed by atoms with Crippen LogP contribution in [-0.4, -0.2) is 28.0 Å². The van der Waals surface area contributed by atoms with E-state index in [4.69, 9.17) is 5.11 Å². The molecule has 7 heteroatoms. The summed E-state index contributed by atoms with van der Waals surface area (Å²) in [6.45, 7) is 1.88. The first-order valence-electron chi connectivity index (χ1n) is 5.80. The van der Waals surface area contributed by atoms with Crippen LogP contribution in [0, 0.1) is 11.6 Å². The molecule has 0 radical (unpaired) electrons. The fourth-order valence-electron chi connectivity index (χ4n) is 1.47. The molecule has 1 rings (SSSR count). The average molecular weight is 272 g/mol. The number of aliphatic carboxylic acids is 1. The van der Waals surface area contributed by atoms with Gasteiger partial charge in [-0.15, -0.1) is 0 Å². The Bertz CT molecular complexity index is 480. The van der Waals surface area contributed by atoms with Crippen molar-refractivity contribution in [1.82, 2.24) is 10.3 Å². The van der Waals surface area contributed by atoms with E-state index in [2.05, 4.69) is 10.3 Å². The first-order valence-corrected chi connectivity index (χ1v) is 5.80. The molecule has 0 saturated heterocycles. The average Bonchev–Trinajstić information content (AvgIpc) is 2.33. The SMILES string of the molecule is CCCCC(NC(=O)c1ncc(F)cc1F)C(=O)O. The Balaban J connectivity index is 2.78. The third kappa shape index (κ3) is 4.27. The molecule has 1 atom stereocenters. The Morgan fingerprint density at radius 3 is 2.68 bits per heavy atom. The number of amides is 1. The van der Waals surface area contributed by atoms with E-state index in [1.54, 1.807) is 0 Å². The number of aromatic nitrogens is 1. The highest BCUT2D eigenvalue weighted by molar-refractivity contribution is 5.95. The van der Waals surface area contributed by atoms with Crippen molar-refractivity contribution in [2.24, 2.45) is 0 Å². The fraction of sp³-hybridized carbons (Fsp3) is 0.417. The lowest BCUT2D eigenvalue weighted by Gasteiger charge is -2.13. The second-order valence-electron chi connectivity index (χ2n) is 3.99. The maximum absolute atomic E-state index is 13.3. The summed E-state index contributed by atoms with van der Waals surface area (Å²) in [6, 6.07) is -0.595. The molecule has 1 amide bonds. The highest BCUT2D eigenvalue weighted by Gasteiger charge is 2.22. The summed E-state index contributed by atoms with van der Waals surface area (Å²) < 4.78 is 25.9. The molecule has 0 aromatic carbocycles. The number of carbonyl (C=O) groups is 2. The molecule has 1 heterocycles. The molecule has 0 bridgehead atoms. The van der Waals surface area contributed by atoms with Crippen molar-refractivity contribution >= 4 is 11.9 Å². The summed E-state index contributed by atoms with van der Waals surface area (Å²) in [6.07, 6.45) is 2.31. The van der Waals surface area contributed by atoms with E-state index in [1.165, 1.54) is 0 Å². The van der Waals surface area contributed by atoms with Crippen molar-refractivity contribution in [2.45, 2.75) is 32.2 Å². The maximum atomic E-state index is 13.3. The zero-order valence-corrected chi connectivity index (χ0v) is 10.3. The Kier molecular flexibility index (Phi) is 5.35. The lowest BCUT2D eigenvalue weighted by molar-refractivity contribution is -0.139. The fourth-order valence-corrected chi connectivity index (χ4v) is 1.47. The van der Waals surface area contributed by atoms with E-state index in [0.717, 1.165) is 6.42 Å². The van der Waals surface area contributed by atoms with Crippen LogP contribution in [0.1, 0.15) is 36.7 Å². The molecule has 1 aromatic heterocycles. The van der Waals surface area contributed by atoms with Crippen LogP contribution in [0.5, 0.6) is 0 Å². The van der Waals surface area contributed by atoms with Gasteiger partial charge in [-0.3, -0.25) is 4.79 Å². The normalized spacial score (nSPS) is 11.9. The highest BCUT2D eigenvalue weighted by atomic mass is 19.1. The van der Waals surface area contributed by atoms with Gasteiger partial charge in [0.05, 0.1) is 6.20 Å². The van der Waals surface area contributed by atoms with Gasteiger partial charge in [-0.25, -0.2) is 18.6 Å². The molecule has 1 unspecified atom stereocenters. The predicted molar refractivity (Wildman–Crippen MR) is 62.6 cm³/mol. The lowest BCUT2D eigenvalue weighted by Crippen LogP contribution is -2.41. The number of halogens is 2. The molecule has 19 heavy (non-hydrogen) atoms. The van der Waals surface area contributed by atoms with Crippen LogP contribution in [0.15, 0.2) is 12.3 Å². The molecule has 2 N–H and O–H groups in total.